The number of thiazole rings is 1. The molecule has 0 saturated carbocycles. The van der Waals surface area contributed by atoms with Crippen molar-refractivity contribution < 1.29 is 9.21 Å². The number of furan rings is 1. The smallest absolute Gasteiger partial charge is 0.167 e. The Morgan fingerprint density at radius 1 is 1.20 bits per heavy atom. The number of hydrogen-bond acceptors (Lipinski definition) is 8. The highest BCUT2D eigenvalue weighted by Gasteiger charge is 2.43. The highest BCUT2D eigenvalue weighted by atomic mass is 35.5. The fraction of sp³-hybridized carbons (Fsp3) is 0.200. The lowest BCUT2D eigenvalue weighted by Crippen LogP contribution is -2.48. The van der Waals surface area contributed by atoms with Gasteiger partial charge in [0.25, 0.3) is 0 Å². The summed E-state index contributed by atoms with van der Waals surface area (Å²) in [6.07, 6.45) is 1.74. The predicted octanol–water partition coefficient (Wildman–Crippen LogP) is 4.42. The molecule has 2 N–H and O–H groups in total. The summed E-state index contributed by atoms with van der Waals surface area (Å²) in [4.78, 5) is 22.0. The third-order valence-corrected chi connectivity index (χ3v) is 7.56. The normalized spacial score (nSPS) is 20.8. The van der Waals surface area contributed by atoms with E-state index in [1.807, 2.05) is 30.3 Å². The number of carbonyl (C=O) groups excluding carboxylic acids is 1. The van der Waals surface area contributed by atoms with Crippen LogP contribution in [0.3, 0.4) is 0 Å². The summed E-state index contributed by atoms with van der Waals surface area (Å²) in [7, 11) is 0. The van der Waals surface area contributed by atoms with Crippen molar-refractivity contribution in [2.75, 3.05) is 13.1 Å². The molecule has 10 heteroatoms. The van der Waals surface area contributed by atoms with E-state index < -0.39 is 0 Å². The van der Waals surface area contributed by atoms with Gasteiger partial charge in [-0.15, -0.1) is 11.3 Å². The molecule has 0 radical (unpaired) electrons. The molecule has 3 aromatic heterocycles. The van der Waals surface area contributed by atoms with Crippen molar-refractivity contribution in [3.63, 3.8) is 0 Å². The summed E-state index contributed by atoms with van der Waals surface area (Å²) < 4.78 is 8.15. The van der Waals surface area contributed by atoms with E-state index in [1.54, 1.807) is 17.5 Å². The first-order valence-corrected chi connectivity index (χ1v) is 11.3. The molecule has 2 atom stereocenters. The van der Waals surface area contributed by atoms with Gasteiger partial charge in [0, 0.05) is 22.8 Å². The SMILES string of the molecule is O=C1CNCC2=Nc3[nH]ncc3C(c3ccc(Sc4nc5cc(Cl)ccc5s4)o3)C12. The maximum atomic E-state index is 12.7. The number of benzene rings is 1. The average molecular weight is 456 g/mol. The Morgan fingerprint density at radius 2 is 2.13 bits per heavy atom. The maximum Gasteiger partial charge on any atom is 0.167 e. The van der Waals surface area contributed by atoms with Crippen molar-refractivity contribution in [1.82, 2.24) is 20.5 Å². The molecule has 4 aromatic rings. The Kier molecular flexibility index (Phi) is 4.31. The minimum absolute atomic E-state index is 0.116. The van der Waals surface area contributed by atoms with Crippen molar-refractivity contribution in [2.24, 2.45) is 10.9 Å². The number of nitrogens with one attached hydrogen (secondary N) is 2. The van der Waals surface area contributed by atoms with Gasteiger partial charge in [-0.1, -0.05) is 11.6 Å². The summed E-state index contributed by atoms with van der Waals surface area (Å²) in [5, 5.41) is 11.6. The van der Waals surface area contributed by atoms with E-state index in [2.05, 4.69) is 25.5 Å². The van der Waals surface area contributed by atoms with Crippen LogP contribution in [-0.2, 0) is 4.79 Å². The quantitative estimate of drug-likeness (QED) is 0.474. The third kappa shape index (κ3) is 3.01. The van der Waals surface area contributed by atoms with Crippen LogP contribution in [0.1, 0.15) is 17.2 Å². The first-order valence-electron chi connectivity index (χ1n) is 9.33. The van der Waals surface area contributed by atoms with Gasteiger partial charge in [0.1, 0.15) is 5.76 Å². The van der Waals surface area contributed by atoms with Crippen molar-refractivity contribution in [1.29, 1.82) is 0 Å². The molecule has 2 aliphatic rings. The van der Waals surface area contributed by atoms with Gasteiger partial charge in [-0.25, -0.2) is 9.98 Å². The molecule has 5 heterocycles. The van der Waals surface area contributed by atoms with E-state index in [-0.39, 0.29) is 17.6 Å². The van der Waals surface area contributed by atoms with Crippen LogP contribution >= 0.6 is 34.7 Å². The third-order valence-electron chi connectivity index (χ3n) is 5.31. The molecule has 150 valence electrons. The van der Waals surface area contributed by atoms with E-state index in [0.717, 1.165) is 36.7 Å². The summed E-state index contributed by atoms with van der Waals surface area (Å²) in [5.41, 5.74) is 2.58. The number of halogens is 1. The van der Waals surface area contributed by atoms with Crippen LogP contribution in [0.15, 0.2) is 55.4 Å². The van der Waals surface area contributed by atoms with Crippen LogP contribution in [0.4, 0.5) is 5.82 Å². The van der Waals surface area contributed by atoms with Gasteiger partial charge in [-0.05, 0) is 42.1 Å². The Hall–Kier alpha value is -2.46. The molecule has 2 unspecified atom stereocenters. The van der Waals surface area contributed by atoms with Gasteiger partial charge in [-0.3, -0.25) is 9.89 Å². The minimum atomic E-state index is -0.329. The fourth-order valence-corrected chi connectivity index (χ4v) is 6.14. The molecular formula is C20H14ClN5O2S2. The van der Waals surface area contributed by atoms with Gasteiger partial charge in [0.2, 0.25) is 0 Å². The molecule has 1 fully saturated rings. The van der Waals surface area contributed by atoms with E-state index in [4.69, 9.17) is 16.0 Å². The summed E-state index contributed by atoms with van der Waals surface area (Å²) in [6.45, 7) is 0.923. The van der Waals surface area contributed by atoms with Crippen LogP contribution in [0, 0.1) is 5.92 Å². The fourth-order valence-electron chi connectivity index (χ4n) is 4.02. The van der Waals surface area contributed by atoms with Gasteiger partial charge < -0.3 is 9.73 Å². The second-order valence-corrected chi connectivity index (χ2v) is 9.87. The first kappa shape index (κ1) is 18.3. The number of fused-ring (bicyclic) bond motifs is 3. The zero-order valence-corrected chi connectivity index (χ0v) is 17.8. The monoisotopic (exact) mass is 455 g/mol. The molecule has 0 aliphatic carbocycles. The number of aromatic nitrogens is 3. The molecular weight excluding hydrogens is 442 g/mol. The van der Waals surface area contributed by atoms with Gasteiger partial charge in [0.15, 0.2) is 21.0 Å². The van der Waals surface area contributed by atoms with E-state index in [1.165, 1.54) is 11.8 Å². The summed E-state index contributed by atoms with van der Waals surface area (Å²) >= 11 is 9.12. The van der Waals surface area contributed by atoms with Gasteiger partial charge in [0.05, 0.1) is 34.8 Å². The molecule has 2 aliphatic heterocycles. The highest BCUT2D eigenvalue weighted by Crippen LogP contribution is 2.44. The molecule has 7 nitrogen and oxygen atoms in total. The Balaban J connectivity index is 1.34. The lowest BCUT2D eigenvalue weighted by atomic mass is 9.76. The predicted molar refractivity (Wildman–Crippen MR) is 116 cm³/mol. The molecule has 0 amide bonds. The lowest BCUT2D eigenvalue weighted by molar-refractivity contribution is -0.121. The first-order chi connectivity index (χ1) is 14.7. The Bertz CT molecular complexity index is 1320. The van der Waals surface area contributed by atoms with E-state index in [9.17, 15) is 4.79 Å². The molecule has 0 spiro atoms. The van der Waals surface area contributed by atoms with Crippen molar-refractivity contribution in [2.45, 2.75) is 15.3 Å². The average Bonchev–Trinajstić information content (AvgIpc) is 3.45. The van der Waals surface area contributed by atoms with Crippen LogP contribution in [0.5, 0.6) is 0 Å². The summed E-state index contributed by atoms with van der Waals surface area (Å²) in [6, 6.07) is 9.56. The molecule has 1 aromatic carbocycles. The van der Waals surface area contributed by atoms with Crippen molar-refractivity contribution in [3.8, 4) is 0 Å². The summed E-state index contributed by atoms with van der Waals surface area (Å²) in [5.74, 6) is 0.980. The van der Waals surface area contributed by atoms with Gasteiger partial charge >= 0.3 is 0 Å². The standard InChI is InChI=1S/C20H14ClN5O2S2/c21-9-1-3-15-11(5-9)25-20(29-15)30-16-4-2-14(28-16)17-10-6-23-26-19(10)24-12-7-22-8-13(27)18(12)17/h1-6,17-18,22H,7-8H2,(H,23,26). The second-order valence-electron chi connectivity index (χ2n) is 7.15. The largest absolute Gasteiger partial charge is 0.454 e. The topological polar surface area (TPSA) is 96.2 Å². The number of carbonyl (C=O) groups is 1. The van der Waals surface area contributed by atoms with Crippen LogP contribution < -0.4 is 5.32 Å². The Labute approximate surface area is 183 Å². The zero-order valence-electron chi connectivity index (χ0n) is 15.4. The lowest BCUT2D eigenvalue weighted by Gasteiger charge is -2.32. The van der Waals surface area contributed by atoms with Crippen molar-refractivity contribution >= 4 is 62.2 Å². The maximum absolute atomic E-state index is 12.7. The minimum Gasteiger partial charge on any atom is -0.454 e. The molecule has 30 heavy (non-hydrogen) atoms. The van der Waals surface area contributed by atoms with Crippen LogP contribution in [-0.4, -0.2) is 39.8 Å². The zero-order chi connectivity index (χ0) is 20.2. The number of nitrogens with zero attached hydrogens (tertiary/aromatic N) is 3. The number of aromatic amines is 1. The number of H-pyrrole nitrogens is 1. The number of hydrogen-bond donors (Lipinski definition) is 2. The second kappa shape index (κ2) is 7.05. The highest BCUT2D eigenvalue weighted by molar-refractivity contribution is 8.01. The van der Waals surface area contributed by atoms with E-state index >= 15 is 0 Å². The number of ketones is 1. The van der Waals surface area contributed by atoms with Gasteiger partial charge in [-0.2, -0.15) is 5.10 Å². The Morgan fingerprint density at radius 3 is 3.07 bits per heavy atom. The molecule has 6 rings (SSSR count). The van der Waals surface area contributed by atoms with E-state index in [0.29, 0.717) is 23.9 Å². The van der Waals surface area contributed by atoms with Crippen LogP contribution in [0.2, 0.25) is 5.02 Å². The number of piperidine rings is 1. The molecule has 1 saturated heterocycles. The van der Waals surface area contributed by atoms with Crippen LogP contribution in [0.25, 0.3) is 10.2 Å². The number of Topliss-reactive ketones (excluding diaryl/α,β-unsaturated/α-hetero) is 1. The number of rotatable bonds is 3. The number of aliphatic imine (C=N–C) groups is 1. The van der Waals surface area contributed by atoms with Crippen molar-refractivity contribution in [3.05, 3.63) is 52.9 Å². The molecule has 0 bridgehead atoms.